The highest BCUT2D eigenvalue weighted by molar-refractivity contribution is 7.89. The molecule has 1 atom stereocenters. The van der Waals surface area contributed by atoms with Crippen LogP contribution in [-0.2, 0) is 10.0 Å². The van der Waals surface area contributed by atoms with Crippen molar-refractivity contribution in [2.75, 3.05) is 26.2 Å². The minimum Gasteiger partial charge on any atom is -0.298 e. The number of pyridine rings is 1. The second kappa shape index (κ2) is 5.01. The lowest BCUT2D eigenvalue weighted by Crippen LogP contribution is -2.51. The lowest BCUT2D eigenvalue weighted by molar-refractivity contribution is 0.158. The lowest BCUT2D eigenvalue weighted by atomic mass is 10.2. The van der Waals surface area contributed by atoms with E-state index in [2.05, 4.69) is 9.88 Å². The van der Waals surface area contributed by atoms with Gasteiger partial charge in [-0.15, -0.1) is 0 Å². The number of hydrogen-bond donors (Lipinski definition) is 0. The van der Waals surface area contributed by atoms with E-state index in [0.717, 1.165) is 25.9 Å². The molecule has 0 saturated carbocycles. The van der Waals surface area contributed by atoms with Gasteiger partial charge >= 0.3 is 0 Å². The minimum absolute atomic E-state index is 0.114. The third-order valence-electron chi connectivity index (χ3n) is 3.90. The number of hydrogen-bond acceptors (Lipinski definition) is 4. The second-order valence-corrected chi connectivity index (χ2v) is 7.31. The van der Waals surface area contributed by atoms with Gasteiger partial charge in [0, 0.05) is 38.1 Å². The molecule has 0 radical (unpaired) electrons. The van der Waals surface area contributed by atoms with Crippen molar-refractivity contribution in [3.63, 3.8) is 0 Å². The van der Waals surface area contributed by atoms with E-state index in [1.54, 1.807) is 4.31 Å². The predicted molar refractivity (Wildman–Crippen MR) is 72.6 cm³/mol. The Morgan fingerprint density at radius 2 is 2.16 bits per heavy atom. The SMILES string of the molecule is O=S(=O)(c1cnccc1Cl)N1CCN2CCCC2C1. The van der Waals surface area contributed by atoms with Crippen molar-refractivity contribution in [2.24, 2.45) is 0 Å². The average molecular weight is 302 g/mol. The lowest BCUT2D eigenvalue weighted by Gasteiger charge is -2.36. The standard InChI is InChI=1S/C12H16ClN3O2S/c13-11-3-4-14-8-12(11)19(17,18)16-7-6-15-5-1-2-10(15)9-16/h3-4,8,10H,1-2,5-7,9H2. The van der Waals surface area contributed by atoms with Crippen LogP contribution < -0.4 is 0 Å². The molecule has 3 heterocycles. The zero-order valence-corrected chi connectivity index (χ0v) is 12.1. The van der Waals surface area contributed by atoms with Gasteiger partial charge in [0.25, 0.3) is 0 Å². The van der Waals surface area contributed by atoms with Crippen LogP contribution in [0.1, 0.15) is 12.8 Å². The van der Waals surface area contributed by atoms with Gasteiger partial charge in [0.05, 0.1) is 5.02 Å². The zero-order valence-electron chi connectivity index (χ0n) is 10.5. The minimum atomic E-state index is -3.52. The first kappa shape index (κ1) is 13.3. The van der Waals surface area contributed by atoms with Crippen molar-refractivity contribution < 1.29 is 8.42 Å². The van der Waals surface area contributed by atoms with Crippen molar-refractivity contribution in [1.82, 2.24) is 14.2 Å². The van der Waals surface area contributed by atoms with Crippen molar-refractivity contribution in [2.45, 2.75) is 23.8 Å². The first-order valence-electron chi connectivity index (χ1n) is 6.43. The van der Waals surface area contributed by atoms with Gasteiger partial charge in [0.2, 0.25) is 10.0 Å². The molecule has 0 spiro atoms. The van der Waals surface area contributed by atoms with E-state index >= 15 is 0 Å². The Bertz CT molecular complexity index is 578. The fourth-order valence-corrected chi connectivity index (χ4v) is 4.75. The van der Waals surface area contributed by atoms with E-state index in [9.17, 15) is 8.42 Å². The fourth-order valence-electron chi connectivity index (χ4n) is 2.87. The zero-order chi connectivity index (χ0) is 13.5. The number of sulfonamides is 1. The molecule has 0 amide bonds. The number of nitrogens with zero attached hydrogens (tertiary/aromatic N) is 3. The van der Waals surface area contributed by atoms with E-state index in [4.69, 9.17) is 11.6 Å². The molecular formula is C12H16ClN3O2S. The first-order chi connectivity index (χ1) is 9.09. The number of aromatic nitrogens is 1. The van der Waals surface area contributed by atoms with Gasteiger partial charge in [0.1, 0.15) is 4.90 Å². The van der Waals surface area contributed by atoms with Crippen LogP contribution in [0.5, 0.6) is 0 Å². The summed E-state index contributed by atoms with van der Waals surface area (Å²) in [6.07, 6.45) is 5.06. The van der Waals surface area contributed by atoms with Gasteiger partial charge in [-0.1, -0.05) is 11.6 Å². The normalized spacial score (nSPS) is 25.4. The Labute approximate surface area is 118 Å². The quantitative estimate of drug-likeness (QED) is 0.824. The molecule has 0 N–H and O–H groups in total. The van der Waals surface area contributed by atoms with Crippen LogP contribution in [0, 0.1) is 0 Å². The summed E-state index contributed by atoms with van der Waals surface area (Å²) in [5, 5.41) is 0.240. The maximum absolute atomic E-state index is 12.6. The van der Waals surface area contributed by atoms with Crippen molar-refractivity contribution >= 4 is 21.6 Å². The highest BCUT2D eigenvalue weighted by Crippen LogP contribution is 2.28. The molecule has 19 heavy (non-hydrogen) atoms. The van der Waals surface area contributed by atoms with Gasteiger partial charge < -0.3 is 0 Å². The summed E-state index contributed by atoms with van der Waals surface area (Å²) in [5.41, 5.74) is 0. The smallest absolute Gasteiger partial charge is 0.246 e. The van der Waals surface area contributed by atoms with Crippen LogP contribution in [0.4, 0.5) is 0 Å². The molecule has 104 valence electrons. The molecular weight excluding hydrogens is 286 g/mol. The summed E-state index contributed by atoms with van der Waals surface area (Å²) >= 11 is 5.98. The summed E-state index contributed by atoms with van der Waals surface area (Å²) in [4.78, 5) is 6.36. The summed E-state index contributed by atoms with van der Waals surface area (Å²) < 4.78 is 26.7. The number of piperazine rings is 1. The molecule has 1 unspecified atom stereocenters. The van der Waals surface area contributed by atoms with E-state index in [1.165, 1.54) is 18.5 Å². The number of halogens is 1. The molecule has 2 aliphatic rings. The molecule has 3 rings (SSSR count). The fraction of sp³-hybridized carbons (Fsp3) is 0.583. The molecule has 2 saturated heterocycles. The third-order valence-corrected chi connectivity index (χ3v) is 6.24. The Morgan fingerprint density at radius 1 is 1.32 bits per heavy atom. The van der Waals surface area contributed by atoms with Gasteiger partial charge in [-0.05, 0) is 25.5 Å². The van der Waals surface area contributed by atoms with Crippen LogP contribution in [0.2, 0.25) is 5.02 Å². The maximum atomic E-state index is 12.6. The summed E-state index contributed by atoms with van der Waals surface area (Å²) in [5.74, 6) is 0. The predicted octanol–water partition coefficient (Wildman–Crippen LogP) is 1.20. The van der Waals surface area contributed by atoms with Crippen molar-refractivity contribution in [3.8, 4) is 0 Å². The summed E-state index contributed by atoms with van der Waals surface area (Å²) in [7, 11) is -3.52. The van der Waals surface area contributed by atoms with Crippen molar-refractivity contribution in [1.29, 1.82) is 0 Å². The highest BCUT2D eigenvalue weighted by atomic mass is 35.5. The Morgan fingerprint density at radius 3 is 2.95 bits per heavy atom. The topological polar surface area (TPSA) is 53.5 Å². The van der Waals surface area contributed by atoms with Gasteiger partial charge in [-0.25, -0.2) is 8.42 Å². The molecule has 0 aromatic carbocycles. The molecule has 1 aromatic heterocycles. The van der Waals surface area contributed by atoms with Crippen molar-refractivity contribution in [3.05, 3.63) is 23.5 Å². The van der Waals surface area contributed by atoms with Gasteiger partial charge in [-0.3, -0.25) is 9.88 Å². The van der Waals surface area contributed by atoms with Gasteiger partial charge in [0.15, 0.2) is 0 Å². The summed E-state index contributed by atoms with van der Waals surface area (Å²) in [6.45, 7) is 2.99. The summed E-state index contributed by atoms with van der Waals surface area (Å²) in [6, 6.07) is 1.87. The van der Waals surface area contributed by atoms with Crippen LogP contribution in [0.25, 0.3) is 0 Å². The Kier molecular flexibility index (Phi) is 3.51. The average Bonchev–Trinajstić information content (AvgIpc) is 2.86. The third kappa shape index (κ3) is 2.38. The molecule has 2 aliphatic heterocycles. The van der Waals surface area contributed by atoms with Crippen LogP contribution >= 0.6 is 11.6 Å². The molecule has 7 heteroatoms. The van der Waals surface area contributed by atoms with E-state index in [-0.39, 0.29) is 9.92 Å². The van der Waals surface area contributed by atoms with E-state index in [0.29, 0.717) is 19.1 Å². The second-order valence-electron chi connectivity index (χ2n) is 5.00. The molecule has 1 aromatic rings. The number of rotatable bonds is 2. The highest BCUT2D eigenvalue weighted by Gasteiger charge is 2.36. The monoisotopic (exact) mass is 301 g/mol. The van der Waals surface area contributed by atoms with Crippen LogP contribution in [0.15, 0.2) is 23.4 Å². The van der Waals surface area contributed by atoms with Gasteiger partial charge in [-0.2, -0.15) is 4.31 Å². The molecule has 0 aliphatic carbocycles. The number of fused-ring (bicyclic) bond motifs is 1. The largest absolute Gasteiger partial charge is 0.298 e. The Hall–Kier alpha value is -0.690. The molecule has 5 nitrogen and oxygen atoms in total. The van der Waals surface area contributed by atoms with E-state index < -0.39 is 10.0 Å². The van der Waals surface area contributed by atoms with Crippen LogP contribution in [0.3, 0.4) is 0 Å². The Balaban J connectivity index is 1.87. The van der Waals surface area contributed by atoms with Crippen LogP contribution in [-0.4, -0.2) is 54.8 Å². The maximum Gasteiger partial charge on any atom is 0.246 e. The van der Waals surface area contributed by atoms with E-state index in [1.807, 2.05) is 0 Å². The first-order valence-corrected chi connectivity index (χ1v) is 8.24. The molecule has 0 bridgehead atoms. The molecule has 2 fully saturated rings.